The molecule has 0 fully saturated rings. The van der Waals surface area contributed by atoms with Gasteiger partial charge in [0, 0.05) is 32.2 Å². The summed E-state index contributed by atoms with van der Waals surface area (Å²) in [6, 6.07) is 0. The molecule has 0 saturated carbocycles. The zero-order valence-corrected chi connectivity index (χ0v) is 35.5. The zero-order chi connectivity index (χ0) is 39.6. The van der Waals surface area contributed by atoms with Gasteiger partial charge in [-0.15, -0.1) is 0 Å². The lowest BCUT2D eigenvalue weighted by molar-refractivity contribution is -0.228. The number of nitrogens with two attached hydrogens (primary N) is 1. The standard InChI is InChI=1S/C44H80NO8P/c1-3-5-7-9-11-13-15-17-18-19-20-21-22-23-25-27-29-31-33-35-37-44(47)53-42(41-52-54(48,49)51-39-38-45)40-50-43(46)36-34-32-30-28-26-24-16-14-12-10-8-6-4-2/h42H,3-18,23-41,45H2,1-2H3,(H,48,49)/p-1. The van der Waals surface area contributed by atoms with Crippen molar-refractivity contribution in [2.45, 2.75) is 219 Å². The molecule has 0 bridgehead atoms. The Bertz CT molecular complexity index is 1050. The van der Waals surface area contributed by atoms with Gasteiger partial charge < -0.3 is 29.1 Å². The molecule has 0 radical (unpaired) electrons. The van der Waals surface area contributed by atoms with Crippen LogP contribution in [0.3, 0.4) is 0 Å². The second kappa shape index (κ2) is 40.8. The third-order valence-corrected chi connectivity index (χ3v) is 10.3. The van der Waals surface area contributed by atoms with Gasteiger partial charge in [0.05, 0.1) is 13.2 Å². The Balaban J connectivity index is 4.17. The van der Waals surface area contributed by atoms with Crippen molar-refractivity contribution in [3.8, 4) is 23.7 Å². The highest BCUT2D eigenvalue weighted by Gasteiger charge is 2.21. The van der Waals surface area contributed by atoms with Gasteiger partial charge in [0.1, 0.15) is 6.61 Å². The Labute approximate surface area is 331 Å². The highest BCUT2D eigenvalue weighted by molar-refractivity contribution is 7.45. The topological polar surface area (TPSA) is 137 Å². The van der Waals surface area contributed by atoms with Crippen LogP contribution in [-0.4, -0.2) is 44.4 Å². The number of carbonyl (C=O) groups is 2. The van der Waals surface area contributed by atoms with E-state index < -0.39 is 32.5 Å². The minimum Gasteiger partial charge on any atom is -0.756 e. The monoisotopic (exact) mass is 781 g/mol. The summed E-state index contributed by atoms with van der Waals surface area (Å²) in [5.74, 6) is 11.4. The van der Waals surface area contributed by atoms with Crippen LogP contribution in [0.15, 0.2) is 0 Å². The predicted molar refractivity (Wildman–Crippen MR) is 219 cm³/mol. The van der Waals surface area contributed by atoms with E-state index in [2.05, 4.69) is 42.1 Å². The van der Waals surface area contributed by atoms with E-state index in [9.17, 15) is 19.0 Å². The first-order valence-corrected chi connectivity index (χ1v) is 23.4. The van der Waals surface area contributed by atoms with Gasteiger partial charge in [-0.1, -0.05) is 173 Å². The van der Waals surface area contributed by atoms with Gasteiger partial charge in [-0.25, -0.2) is 0 Å². The average Bonchev–Trinajstić information content (AvgIpc) is 3.16. The van der Waals surface area contributed by atoms with Crippen LogP contribution in [0, 0.1) is 23.7 Å². The first-order valence-electron chi connectivity index (χ1n) is 22.0. The van der Waals surface area contributed by atoms with Gasteiger partial charge in [-0.05, 0) is 37.5 Å². The molecule has 10 heteroatoms. The maximum atomic E-state index is 12.6. The van der Waals surface area contributed by atoms with Gasteiger partial charge in [-0.3, -0.25) is 14.2 Å². The van der Waals surface area contributed by atoms with Crippen molar-refractivity contribution < 1.29 is 37.6 Å². The van der Waals surface area contributed by atoms with E-state index in [-0.39, 0.29) is 32.6 Å². The summed E-state index contributed by atoms with van der Waals surface area (Å²) >= 11 is 0. The van der Waals surface area contributed by atoms with Gasteiger partial charge in [0.25, 0.3) is 7.82 Å². The lowest BCUT2D eigenvalue weighted by Crippen LogP contribution is -2.30. The van der Waals surface area contributed by atoms with Gasteiger partial charge >= 0.3 is 11.9 Å². The first kappa shape index (κ1) is 52.1. The predicted octanol–water partition coefficient (Wildman–Crippen LogP) is 11.0. The summed E-state index contributed by atoms with van der Waals surface area (Å²) in [5, 5.41) is 0. The summed E-state index contributed by atoms with van der Waals surface area (Å²) in [4.78, 5) is 36.9. The number of rotatable bonds is 39. The summed E-state index contributed by atoms with van der Waals surface area (Å²) in [7, 11) is -4.63. The highest BCUT2D eigenvalue weighted by atomic mass is 31.2. The van der Waals surface area contributed by atoms with E-state index in [0.717, 1.165) is 64.2 Å². The molecule has 0 amide bonds. The van der Waals surface area contributed by atoms with E-state index in [1.54, 1.807) is 0 Å². The maximum Gasteiger partial charge on any atom is 0.306 e. The molecule has 54 heavy (non-hydrogen) atoms. The van der Waals surface area contributed by atoms with Crippen molar-refractivity contribution in [3.05, 3.63) is 0 Å². The largest absolute Gasteiger partial charge is 0.756 e. The highest BCUT2D eigenvalue weighted by Crippen LogP contribution is 2.38. The number of phosphoric ester groups is 1. The van der Waals surface area contributed by atoms with E-state index >= 15 is 0 Å². The van der Waals surface area contributed by atoms with Crippen LogP contribution in [-0.2, 0) is 32.7 Å². The second-order valence-electron chi connectivity index (χ2n) is 14.6. The molecule has 2 atom stereocenters. The van der Waals surface area contributed by atoms with E-state index in [0.29, 0.717) is 6.42 Å². The quantitative estimate of drug-likeness (QED) is 0.0279. The molecule has 0 aromatic carbocycles. The number of hydrogen-bond acceptors (Lipinski definition) is 9. The normalized spacial score (nSPS) is 12.6. The minimum absolute atomic E-state index is 0.00752. The Morgan fingerprint density at radius 2 is 0.944 bits per heavy atom. The molecular formula is C44H79NO8P-. The first-order chi connectivity index (χ1) is 26.3. The fraction of sp³-hybridized carbons (Fsp3) is 0.864. The minimum atomic E-state index is -4.63. The Morgan fingerprint density at radius 1 is 0.556 bits per heavy atom. The van der Waals surface area contributed by atoms with Crippen LogP contribution in [0.2, 0.25) is 0 Å². The maximum absolute atomic E-state index is 12.6. The number of esters is 2. The Morgan fingerprint density at radius 3 is 1.37 bits per heavy atom. The summed E-state index contributed by atoms with van der Waals surface area (Å²) in [6.45, 7) is 3.49. The molecule has 2 unspecified atom stereocenters. The van der Waals surface area contributed by atoms with Gasteiger partial charge in [0.15, 0.2) is 6.10 Å². The van der Waals surface area contributed by atoms with Crippen LogP contribution in [0.1, 0.15) is 213 Å². The number of unbranched alkanes of at least 4 members (excludes halogenated alkanes) is 26. The molecule has 0 saturated heterocycles. The molecule has 0 rings (SSSR count). The molecule has 2 N–H and O–H groups in total. The molecule has 0 aliphatic carbocycles. The summed E-state index contributed by atoms with van der Waals surface area (Å²) < 4.78 is 32.3. The molecule has 0 aromatic rings. The van der Waals surface area contributed by atoms with E-state index in [1.165, 1.54) is 116 Å². The van der Waals surface area contributed by atoms with E-state index in [4.69, 9.17) is 19.7 Å². The molecule has 314 valence electrons. The van der Waals surface area contributed by atoms with Crippen LogP contribution in [0.4, 0.5) is 0 Å². The Kier molecular flexibility index (Phi) is 39.4. The number of ether oxygens (including phenoxy) is 2. The number of carbonyl (C=O) groups excluding carboxylic acids is 2. The third kappa shape index (κ3) is 39.8. The summed E-state index contributed by atoms with van der Waals surface area (Å²) in [6.07, 6.45) is 33.1. The summed E-state index contributed by atoms with van der Waals surface area (Å²) in [5.41, 5.74) is 5.31. The van der Waals surface area contributed by atoms with E-state index in [1.807, 2.05) is 0 Å². The lowest BCUT2D eigenvalue weighted by Gasteiger charge is -2.25. The lowest BCUT2D eigenvalue weighted by atomic mass is 10.0. The average molecular weight is 781 g/mol. The third-order valence-electron chi connectivity index (χ3n) is 9.33. The van der Waals surface area contributed by atoms with Crippen molar-refractivity contribution in [1.82, 2.24) is 0 Å². The van der Waals surface area contributed by atoms with Crippen LogP contribution >= 0.6 is 7.82 Å². The Hall–Kier alpha value is -1.87. The SMILES string of the molecule is CCCCCCCCCCC#CC#CCCCCCCCCC(=O)OC(COC(=O)CCCCCCCCCCCCCCC)COP(=O)([O-])OCCN. The molecular weight excluding hydrogens is 701 g/mol. The molecule has 0 aliphatic heterocycles. The number of phosphoric acid groups is 1. The fourth-order valence-electron chi connectivity index (χ4n) is 6.03. The molecule has 0 spiro atoms. The van der Waals surface area contributed by atoms with Crippen molar-refractivity contribution >= 4 is 19.8 Å². The molecule has 0 aliphatic rings. The van der Waals surface area contributed by atoms with Crippen molar-refractivity contribution in [1.29, 1.82) is 0 Å². The van der Waals surface area contributed by atoms with Crippen molar-refractivity contribution in [3.63, 3.8) is 0 Å². The van der Waals surface area contributed by atoms with Crippen molar-refractivity contribution in [2.24, 2.45) is 5.73 Å². The van der Waals surface area contributed by atoms with Gasteiger partial charge in [0.2, 0.25) is 0 Å². The molecule has 9 nitrogen and oxygen atoms in total. The molecule has 0 heterocycles. The van der Waals surface area contributed by atoms with Crippen LogP contribution in [0.25, 0.3) is 0 Å². The van der Waals surface area contributed by atoms with Crippen LogP contribution < -0.4 is 10.6 Å². The molecule has 0 aromatic heterocycles. The van der Waals surface area contributed by atoms with Crippen molar-refractivity contribution in [2.75, 3.05) is 26.4 Å². The smallest absolute Gasteiger partial charge is 0.306 e. The second-order valence-corrected chi connectivity index (χ2v) is 16.0. The van der Waals surface area contributed by atoms with Gasteiger partial charge in [-0.2, -0.15) is 0 Å². The zero-order valence-electron chi connectivity index (χ0n) is 34.6. The number of hydrogen-bond donors (Lipinski definition) is 1. The van der Waals surface area contributed by atoms with Crippen LogP contribution in [0.5, 0.6) is 0 Å². The fourth-order valence-corrected chi connectivity index (χ4v) is 6.79.